The van der Waals surface area contributed by atoms with E-state index >= 15 is 0 Å². The van der Waals surface area contributed by atoms with Gasteiger partial charge in [-0.2, -0.15) is 0 Å². The second-order valence-corrected chi connectivity index (χ2v) is 22.4. The molecule has 8 rings (SSSR count). The number of aromatic hydroxyl groups is 1. The Morgan fingerprint density at radius 1 is 0.847 bits per heavy atom. The topological polar surface area (TPSA) is 79.3 Å². The van der Waals surface area contributed by atoms with Crippen molar-refractivity contribution in [2.75, 3.05) is 26.3 Å². The normalized spacial score (nSPS) is 23.2. The van der Waals surface area contributed by atoms with E-state index in [0.717, 1.165) is 62.9 Å². The number of carbonyl (C=O) groups is 2. The molecule has 0 radical (unpaired) electrons. The maximum Gasteiger partial charge on any atom is 0.261 e. The number of rotatable bonds is 13. The fourth-order valence-electron chi connectivity index (χ4n) is 10.6. The van der Waals surface area contributed by atoms with Gasteiger partial charge in [0.1, 0.15) is 5.75 Å². The highest BCUT2D eigenvalue weighted by Gasteiger charge is 2.59. The zero-order chi connectivity index (χ0) is 41.1. The van der Waals surface area contributed by atoms with E-state index in [1.54, 1.807) is 17.0 Å². The summed E-state index contributed by atoms with van der Waals surface area (Å²) in [7, 11) is -2.90. The van der Waals surface area contributed by atoms with Gasteiger partial charge in [0.05, 0.1) is 31.2 Å². The van der Waals surface area contributed by atoms with Crippen LogP contribution < -0.4 is 10.4 Å². The lowest BCUT2D eigenvalue weighted by molar-refractivity contribution is -0.144. The van der Waals surface area contributed by atoms with Gasteiger partial charge in [0, 0.05) is 31.6 Å². The number of nitrogens with zero attached hydrogens (tertiary/aromatic N) is 2. The van der Waals surface area contributed by atoms with E-state index < -0.39 is 20.2 Å². The standard InChI is InChI=1S/C51H60N2O5Si/c1-5-36(30-38-18-15-19-41(54)31-38)24-25-46-47-39(34-58-59(51(2,3)4,42-20-11-7-12-21-42)43-22-13-8-14-23-43)32-44-48(45(47)35-57-46)50(56)53(49(44)55)40-26-28-52(29-27-40)33-37-16-9-6-10-17-37/h6-23,30-31,40,44-46,48,54H,5,24-29,32-35H2,1-4H3/b36-30+/t44-,45+,46-,48-/m1/s1. The van der Waals surface area contributed by atoms with E-state index in [9.17, 15) is 14.7 Å². The quantitative estimate of drug-likeness (QED) is 0.0830. The number of imide groups is 1. The van der Waals surface area contributed by atoms with Gasteiger partial charge in [-0.05, 0) is 88.3 Å². The molecule has 3 saturated heterocycles. The lowest BCUT2D eigenvalue weighted by Gasteiger charge is -2.44. The maximum atomic E-state index is 14.7. The zero-order valence-corrected chi connectivity index (χ0v) is 36.2. The number of phenols is 1. The number of fused-ring (bicyclic) bond motifs is 3. The van der Waals surface area contributed by atoms with Crippen LogP contribution in [0.5, 0.6) is 5.75 Å². The summed E-state index contributed by atoms with van der Waals surface area (Å²) in [6, 6.07) is 39.3. The first-order valence-corrected chi connectivity index (χ1v) is 23.7. The van der Waals surface area contributed by atoms with Gasteiger partial charge < -0.3 is 14.3 Å². The lowest BCUT2D eigenvalue weighted by Crippen LogP contribution is -2.66. The van der Waals surface area contributed by atoms with Crippen molar-refractivity contribution < 1.29 is 23.9 Å². The molecule has 3 aliphatic heterocycles. The van der Waals surface area contributed by atoms with Crippen molar-refractivity contribution in [3.63, 3.8) is 0 Å². The van der Waals surface area contributed by atoms with Crippen molar-refractivity contribution in [2.24, 2.45) is 17.8 Å². The average Bonchev–Trinajstić information content (AvgIpc) is 3.78. The Hall–Kier alpha value is -4.60. The number of carbonyl (C=O) groups excluding carboxylic acids is 2. The summed E-state index contributed by atoms with van der Waals surface area (Å²) < 4.78 is 14.3. The second-order valence-electron chi connectivity index (χ2n) is 18.1. The molecule has 0 bridgehead atoms. The molecule has 308 valence electrons. The van der Waals surface area contributed by atoms with E-state index in [4.69, 9.17) is 9.16 Å². The monoisotopic (exact) mass is 808 g/mol. The summed E-state index contributed by atoms with van der Waals surface area (Å²) in [5, 5.41) is 12.4. The summed E-state index contributed by atoms with van der Waals surface area (Å²) in [6.07, 6.45) is 6.59. The molecule has 0 spiro atoms. The molecule has 4 atom stereocenters. The van der Waals surface area contributed by atoms with Crippen LogP contribution in [0.3, 0.4) is 0 Å². The predicted octanol–water partition coefficient (Wildman–Crippen LogP) is 8.52. The lowest BCUT2D eigenvalue weighted by atomic mass is 9.69. The first-order chi connectivity index (χ1) is 28.6. The minimum absolute atomic E-state index is 0.00163. The molecule has 7 nitrogen and oxygen atoms in total. The van der Waals surface area contributed by atoms with Crippen molar-refractivity contribution in [1.82, 2.24) is 9.80 Å². The molecular weight excluding hydrogens is 749 g/mol. The molecule has 0 saturated carbocycles. The third-order valence-corrected chi connectivity index (χ3v) is 18.5. The van der Waals surface area contributed by atoms with Crippen LogP contribution in [-0.4, -0.2) is 73.5 Å². The molecule has 3 fully saturated rings. The Labute approximate surface area is 351 Å². The summed E-state index contributed by atoms with van der Waals surface area (Å²) in [5.74, 6) is -0.722. The first kappa shape index (κ1) is 41.1. The van der Waals surface area contributed by atoms with Crippen LogP contribution in [0.4, 0.5) is 0 Å². The Morgan fingerprint density at radius 2 is 1.49 bits per heavy atom. The van der Waals surface area contributed by atoms with Crippen molar-refractivity contribution in [2.45, 2.75) is 89.9 Å². The molecule has 4 aliphatic rings. The molecule has 1 N–H and O–H groups in total. The zero-order valence-electron chi connectivity index (χ0n) is 35.2. The number of phenolic OH excluding ortho intramolecular Hbond substituents is 1. The Morgan fingerprint density at radius 3 is 2.10 bits per heavy atom. The molecule has 1 aliphatic carbocycles. The number of benzene rings is 4. The van der Waals surface area contributed by atoms with E-state index in [-0.39, 0.29) is 40.7 Å². The number of allylic oxidation sites excluding steroid dienone is 1. The van der Waals surface area contributed by atoms with Gasteiger partial charge in [-0.15, -0.1) is 0 Å². The molecular formula is C51H60N2O5Si. The number of likely N-dealkylation sites (tertiary alicyclic amines) is 2. The number of hydrogen-bond acceptors (Lipinski definition) is 6. The average molecular weight is 809 g/mol. The number of piperidine rings is 1. The van der Waals surface area contributed by atoms with Gasteiger partial charge in [0.2, 0.25) is 11.8 Å². The van der Waals surface area contributed by atoms with Crippen molar-refractivity contribution in [1.29, 1.82) is 0 Å². The van der Waals surface area contributed by atoms with Crippen molar-refractivity contribution in [3.05, 3.63) is 143 Å². The maximum absolute atomic E-state index is 14.7. The molecule has 2 amide bonds. The van der Waals surface area contributed by atoms with Gasteiger partial charge >= 0.3 is 0 Å². The molecule has 3 heterocycles. The summed E-state index contributed by atoms with van der Waals surface area (Å²) in [4.78, 5) is 33.5. The Balaban J connectivity index is 1.10. The van der Waals surface area contributed by atoms with Crippen LogP contribution in [-0.2, 0) is 25.3 Å². The van der Waals surface area contributed by atoms with E-state index in [1.165, 1.54) is 27.1 Å². The number of hydrogen-bond donors (Lipinski definition) is 1. The van der Waals surface area contributed by atoms with Crippen LogP contribution in [0.1, 0.15) is 77.3 Å². The van der Waals surface area contributed by atoms with Crippen LogP contribution >= 0.6 is 0 Å². The van der Waals surface area contributed by atoms with Crippen molar-refractivity contribution >= 4 is 36.6 Å². The first-order valence-electron chi connectivity index (χ1n) is 21.8. The third-order valence-electron chi connectivity index (χ3n) is 13.5. The molecule has 59 heavy (non-hydrogen) atoms. The summed E-state index contributed by atoms with van der Waals surface area (Å²) in [5.41, 5.74) is 5.87. The van der Waals surface area contributed by atoms with Crippen LogP contribution in [0.25, 0.3) is 6.08 Å². The highest BCUT2D eigenvalue weighted by molar-refractivity contribution is 6.99. The molecule has 8 heteroatoms. The predicted molar refractivity (Wildman–Crippen MR) is 238 cm³/mol. The summed E-state index contributed by atoms with van der Waals surface area (Å²) >= 11 is 0. The van der Waals surface area contributed by atoms with E-state index in [0.29, 0.717) is 19.6 Å². The fourth-order valence-corrected chi connectivity index (χ4v) is 15.2. The fraction of sp³-hybridized carbons (Fsp3) is 0.412. The molecule has 0 unspecified atom stereocenters. The molecule has 4 aromatic rings. The van der Waals surface area contributed by atoms with Crippen molar-refractivity contribution in [3.8, 4) is 5.75 Å². The Kier molecular flexibility index (Phi) is 12.2. The van der Waals surface area contributed by atoms with Gasteiger partial charge in [-0.3, -0.25) is 19.4 Å². The third kappa shape index (κ3) is 8.30. The van der Waals surface area contributed by atoms with Crippen LogP contribution in [0.2, 0.25) is 5.04 Å². The highest BCUT2D eigenvalue weighted by Crippen LogP contribution is 2.51. The second kappa shape index (κ2) is 17.5. The van der Waals surface area contributed by atoms with E-state index in [1.807, 2.05) is 18.2 Å². The van der Waals surface area contributed by atoms with Crippen LogP contribution in [0.15, 0.2) is 132 Å². The van der Waals surface area contributed by atoms with E-state index in [2.05, 4.69) is 124 Å². The number of amides is 2. The van der Waals surface area contributed by atoms with Crippen LogP contribution in [0, 0.1) is 17.8 Å². The smallest absolute Gasteiger partial charge is 0.261 e. The summed E-state index contributed by atoms with van der Waals surface area (Å²) in [6.45, 7) is 12.5. The number of ether oxygens (including phenoxy) is 1. The van der Waals surface area contributed by atoms with Gasteiger partial charge in [-0.1, -0.05) is 142 Å². The van der Waals surface area contributed by atoms with Gasteiger partial charge in [0.25, 0.3) is 8.32 Å². The Bertz CT molecular complexity index is 2120. The minimum Gasteiger partial charge on any atom is -0.508 e. The largest absolute Gasteiger partial charge is 0.508 e. The highest BCUT2D eigenvalue weighted by atomic mass is 28.4. The molecule has 0 aromatic heterocycles. The SMILES string of the molecule is CC/C(=C\c1cccc(O)c1)CC[C@H]1OC[C@H]2C1=C(CO[Si](c1ccccc1)(c1ccccc1)C(C)(C)C)C[C@H]1C(=O)N(C3CCN(Cc4ccccc4)CC3)C(=O)[C@H]12. The minimum atomic E-state index is -2.90. The molecule has 4 aromatic carbocycles. The van der Waals surface area contributed by atoms with Gasteiger partial charge in [0.15, 0.2) is 0 Å². The van der Waals surface area contributed by atoms with Gasteiger partial charge in [-0.25, -0.2) is 0 Å².